The number of rotatable bonds is 5. The van der Waals surface area contributed by atoms with Crippen molar-refractivity contribution in [2.45, 2.75) is 45.7 Å². The third-order valence-electron chi connectivity index (χ3n) is 4.15. The first-order chi connectivity index (χ1) is 9.86. The van der Waals surface area contributed by atoms with Crippen molar-refractivity contribution in [3.8, 4) is 0 Å². The monoisotopic (exact) mass is 266 g/mol. The van der Waals surface area contributed by atoms with Gasteiger partial charge in [0.15, 0.2) is 0 Å². The Morgan fingerprint density at radius 2 is 2.00 bits per heavy atom. The lowest BCUT2D eigenvalue weighted by Gasteiger charge is -2.09. The molecule has 0 spiro atoms. The molecule has 1 aliphatic rings. The summed E-state index contributed by atoms with van der Waals surface area (Å²) >= 11 is 0. The van der Waals surface area contributed by atoms with Crippen LogP contribution in [0.15, 0.2) is 36.5 Å². The molecule has 0 saturated heterocycles. The van der Waals surface area contributed by atoms with Gasteiger partial charge in [0.1, 0.15) is 0 Å². The zero-order chi connectivity index (χ0) is 13.8. The number of hydrogen-bond donors (Lipinski definition) is 1. The molecule has 1 aliphatic carbocycles. The molecule has 0 aliphatic heterocycles. The van der Waals surface area contributed by atoms with Gasteiger partial charge < -0.3 is 5.32 Å². The summed E-state index contributed by atoms with van der Waals surface area (Å²) in [5, 5.41) is 3.52. The molecule has 3 rings (SSSR count). The fourth-order valence-corrected chi connectivity index (χ4v) is 3.01. The first-order valence-electron chi connectivity index (χ1n) is 7.61. The van der Waals surface area contributed by atoms with E-state index < -0.39 is 0 Å². The topological polar surface area (TPSA) is 24.9 Å². The molecule has 0 amide bonds. The van der Waals surface area contributed by atoms with Crippen LogP contribution >= 0.6 is 0 Å². The molecule has 0 saturated carbocycles. The normalized spacial score (nSPS) is 13.4. The summed E-state index contributed by atoms with van der Waals surface area (Å²) in [6.45, 7) is 3.95. The van der Waals surface area contributed by atoms with Gasteiger partial charge in [0.05, 0.1) is 5.69 Å². The molecule has 2 aromatic rings. The quantitative estimate of drug-likeness (QED) is 0.897. The van der Waals surface area contributed by atoms with E-state index in [2.05, 4.69) is 41.5 Å². The predicted molar refractivity (Wildman–Crippen MR) is 82.6 cm³/mol. The Labute approximate surface area is 121 Å². The van der Waals surface area contributed by atoms with Gasteiger partial charge in [-0.15, -0.1) is 0 Å². The van der Waals surface area contributed by atoms with Gasteiger partial charge in [-0.25, -0.2) is 0 Å². The minimum absolute atomic E-state index is 0.848. The van der Waals surface area contributed by atoms with Crippen LogP contribution in [0.3, 0.4) is 0 Å². The third kappa shape index (κ3) is 2.91. The lowest BCUT2D eigenvalue weighted by Crippen LogP contribution is -2.15. The van der Waals surface area contributed by atoms with Gasteiger partial charge in [0.2, 0.25) is 0 Å². The van der Waals surface area contributed by atoms with Gasteiger partial charge in [0.25, 0.3) is 0 Å². The van der Waals surface area contributed by atoms with E-state index in [4.69, 9.17) is 0 Å². The van der Waals surface area contributed by atoms with Crippen LogP contribution < -0.4 is 5.32 Å². The van der Waals surface area contributed by atoms with Crippen molar-refractivity contribution in [1.29, 1.82) is 0 Å². The second-order valence-corrected chi connectivity index (χ2v) is 5.52. The van der Waals surface area contributed by atoms with Gasteiger partial charge in [-0.05, 0) is 54.0 Å². The molecule has 0 bridgehead atoms. The van der Waals surface area contributed by atoms with E-state index in [-0.39, 0.29) is 0 Å². The summed E-state index contributed by atoms with van der Waals surface area (Å²) in [6.07, 6.45) is 6.76. The Morgan fingerprint density at radius 1 is 1.10 bits per heavy atom. The van der Waals surface area contributed by atoms with Crippen molar-refractivity contribution in [2.75, 3.05) is 0 Å². The summed E-state index contributed by atoms with van der Waals surface area (Å²) in [5.41, 5.74) is 7.01. The summed E-state index contributed by atoms with van der Waals surface area (Å²) in [6, 6.07) is 11.1. The zero-order valence-corrected chi connectivity index (χ0v) is 12.2. The van der Waals surface area contributed by atoms with E-state index in [1.54, 1.807) is 11.1 Å². The second-order valence-electron chi connectivity index (χ2n) is 5.52. The number of nitrogens with zero attached hydrogens (tertiary/aromatic N) is 1. The first kappa shape index (κ1) is 13.3. The first-order valence-corrected chi connectivity index (χ1v) is 7.61. The Kier molecular flexibility index (Phi) is 4.12. The number of aryl methyl sites for hydroxylation is 3. The fourth-order valence-electron chi connectivity index (χ4n) is 3.01. The molecule has 1 aromatic heterocycles. The van der Waals surface area contributed by atoms with Crippen molar-refractivity contribution in [3.05, 3.63) is 64.5 Å². The zero-order valence-electron chi connectivity index (χ0n) is 12.2. The van der Waals surface area contributed by atoms with Crippen LogP contribution in [0.5, 0.6) is 0 Å². The molecule has 1 aromatic carbocycles. The maximum atomic E-state index is 4.48. The van der Waals surface area contributed by atoms with Crippen LogP contribution in [0.4, 0.5) is 0 Å². The number of pyridine rings is 1. The summed E-state index contributed by atoms with van der Waals surface area (Å²) in [4.78, 5) is 4.48. The molecular weight excluding hydrogens is 244 g/mol. The smallest absolute Gasteiger partial charge is 0.0573 e. The highest BCUT2D eigenvalue weighted by molar-refractivity contribution is 5.35. The molecular formula is C18H22N2. The molecule has 2 heteroatoms. The van der Waals surface area contributed by atoms with Crippen molar-refractivity contribution in [3.63, 3.8) is 0 Å². The van der Waals surface area contributed by atoms with E-state index in [1.165, 1.54) is 36.1 Å². The minimum atomic E-state index is 0.848. The molecule has 0 radical (unpaired) electrons. The van der Waals surface area contributed by atoms with Crippen LogP contribution in [-0.2, 0) is 32.4 Å². The van der Waals surface area contributed by atoms with Gasteiger partial charge in [0, 0.05) is 19.3 Å². The standard InChI is InChI=1S/C18H22N2/c1-2-15-7-4-10-20-18(15)13-19-12-14-8-9-16-5-3-6-17(16)11-14/h4,7-11,19H,2-3,5-6,12-13H2,1H3. The van der Waals surface area contributed by atoms with Crippen LogP contribution in [0.2, 0.25) is 0 Å². The molecule has 1 heterocycles. The molecule has 104 valence electrons. The molecule has 1 N–H and O–H groups in total. The Hall–Kier alpha value is -1.67. The second kappa shape index (κ2) is 6.19. The maximum Gasteiger partial charge on any atom is 0.0573 e. The van der Waals surface area contributed by atoms with E-state index >= 15 is 0 Å². The van der Waals surface area contributed by atoms with Gasteiger partial charge >= 0.3 is 0 Å². The number of hydrogen-bond acceptors (Lipinski definition) is 2. The third-order valence-corrected chi connectivity index (χ3v) is 4.15. The highest BCUT2D eigenvalue weighted by atomic mass is 14.9. The van der Waals surface area contributed by atoms with E-state index in [0.29, 0.717) is 0 Å². The summed E-state index contributed by atoms with van der Waals surface area (Å²) in [7, 11) is 0. The summed E-state index contributed by atoms with van der Waals surface area (Å²) < 4.78 is 0. The average molecular weight is 266 g/mol. The van der Waals surface area contributed by atoms with Crippen LogP contribution in [0, 0.1) is 0 Å². The van der Waals surface area contributed by atoms with E-state index in [0.717, 1.165) is 19.5 Å². The molecule has 0 unspecified atom stereocenters. The summed E-state index contributed by atoms with van der Waals surface area (Å²) in [5.74, 6) is 0. The van der Waals surface area contributed by atoms with E-state index in [1.807, 2.05) is 12.3 Å². The molecule has 0 atom stereocenters. The van der Waals surface area contributed by atoms with Gasteiger partial charge in [-0.2, -0.15) is 0 Å². The number of benzene rings is 1. The lowest BCUT2D eigenvalue weighted by atomic mass is 10.1. The van der Waals surface area contributed by atoms with Crippen molar-refractivity contribution in [1.82, 2.24) is 10.3 Å². The van der Waals surface area contributed by atoms with Crippen molar-refractivity contribution in [2.24, 2.45) is 0 Å². The van der Waals surface area contributed by atoms with Crippen LogP contribution in [0.1, 0.15) is 41.3 Å². The van der Waals surface area contributed by atoms with Crippen molar-refractivity contribution < 1.29 is 0 Å². The average Bonchev–Trinajstić information content (AvgIpc) is 2.95. The van der Waals surface area contributed by atoms with Crippen molar-refractivity contribution >= 4 is 0 Å². The van der Waals surface area contributed by atoms with Gasteiger partial charge in [-0.1, -0.05) is 31.2 Å². The highest BCUT2D eigenvalue weighted by Crippen LogP contribution is 2.22. The number of nitrogens with one attached hydrogen (secondary N) is 1. The Bertz CT molecular complexity index is 590. The molecule has 0 fully saturated rings. The maximum absolute atomic E-state index is 4.48. The minimum Gasteiger partial charge on any atom is -0.307 e. The van der Waals surface area contributed by atoms with Crippen LogP contribution in [-0.4, -0.2) is 4.98 Å². The van der Waals surface area contributed by atoms with Gasteiger partial charge in [-0.3, -0.25) is 4.98 Å². The molecule has 2 nitrogen and oxygen atoms in total. The lowest BCUT2D eigenvalue weighted by molar-refractivity contribution is 0.673. The Morgan fingerprint density at radius 3 is 2.90 bits per heavy atom. The van der Waals surface area contributed by atoms with E-state index in [9.17, 15) is 0 Å². The molecule has 20 heavy (non-hydrogen) atoms. The fraction of sp³-hybridized carbons (Fsp3) is 0.389. The SMILES string of the molecule is CCc1cccnc1CNCc1ccc2c(c1)CCC2. The van der Waals surface area contributed by atoms with Crippen LogP contribution in [0.25, 0.3) is 0 Å². The number of fused-ring (bicyclic) bond motifs is 1. The number of aromatic nitrogens is 1. The largest absolute Gasteiger partial charge is 0.307 e. The predicted octanol–water partition coefficient (Wildman–Crippen LogP) is 3.42. The Balaban J connectivity index is 1.60. The highest BCUT2D eigenvalue weighted by Gasteiger charge is 2.10.